The first-order valence-corrected chi connectivity index (χ1v) is 5.55. The highest BCUT2D eigenvalue weighted by molar-refractivity contribution is 7.80. The van der Waals surface area contributed by atoms with Crippen LogP contribution in [0.25, 0.3) is 0 Å². The van der Waals surface area contributed by atoms with Crippen LogP contribution in [0.3, 0.4) is 0 Å². The van der Waals surface area contributed by atoms with Crippen molar-refractivity contribution in [3.63, 3.8) is 0 Å². The molecule has 1 saturated heterocycles. The minimum atomic E-state index is -0.294. The Kier molecular flexibility index (Phi) is 3.02. The third-order valence-electron chi connectivity index (χ3n) is 2.54. The molecule has 0 amide bonds. The number of aromatic nitrogens is 2. The van der Waals surface area contributed by atoms with Gasteiger partial charge in [-0.3, -0.25) is 0 Å². The van der Waals surface area contributed by atoms with E-state index >= 15 is 0 Å². The van der Waals surface area contributed by atoms with E-state index in [-0.39, 0.29) is 11.1 Å². The van der Waals surface area contributed by atoms with Gasteiger partial charge in [0.2, 0.25) is 5.95 Å². The summed E-state index contributed by atoms with van der Waals surface area (Å²) in [6.07, 6.45) is 0.456. The molecule has 1 aromatic heterocycles. The molecule has 0 saturated carbocycles. The number of nitrogens with zero attached hydrogens (tertiary/aromatic N) is 3. The van der Waals surface area contributed by atoms with Crippen molar-refractivity contribution in [2.45, 2.75) is 19.4 Å². The topological polar surface area (TPSA) is 75.3 Å². The summed E-state index contributed by atoms with van der Waals surface area (Å²) in [7, 11) is 0. The average molecular weight is 238 g/mol. The fourth-order valence-corrected chi connectivity index (χ4v) is 1.85. The first-order valence-electron chi connectivity index (χ1n) is 5.15. The highest BCUT2D eigenvalue weighted by Gasteiger charge is 2.22. The first-order chi connectivity index (χ1) is 7.56. The minimum absolute atomic E-state index is 0.270. The van der Waals surface area contributed by atoms with E-state index in [9.17, 15) is 5.11 Å². The second-order valence-electron chi connectivity index (χ2n) is 3.95. The van der Waals surface area contributed by atoms with Crippen LogP contribution in [0.5, 0.6) is 0 Å². The number of hydrogen-bond acceptors (Lipinski definition) is 5. The first kappa shape index (κ1) is 11.2. The molecule has 0 bridgehead atoms. The van der Waals surface area contributed by atoms with Crippen molar-refractivity contribution in [2.75, 3.05) is 18.0 Å². The van der Waals surface area contributed by atoms with Gasteiger partial charge in [-0.15, -0.1) is 0 Å². The summed E-state index contributed by atoms with van der Waals surface area (Å²) in [5.41, 5.74) is 6.96. The van der Waals surface area contributed by atoms with Gasteiger partial charge in [0.25, 0.3) is 0 Å². The van der Waals surface area contributed by atoms with Crippen LogP contribution in [0.15, 0.2) is 6.07 Å². The van der Waals surface area contributed by atoms with Gasteiger partial charge in [0, 0.05) is 18.8 Å². The molecular weight excluding hydrogens is 224 g/mol. The molecule has 0 radical (unpaired) electrons. The van der Waals surface area contributed by atoms with Gasteiger partial charge in [0.05, 0.1) is 6.10 Å². The van der Waals surface area contributed by atoms with E-state index in [2.05, 4.69) is 9.97 Å². The maximum atomic E-state index is 9.46. The molecule has 1 fully saturated rings. The number of β-amino-alcohol motifs (C(OH)–C–C–N with tert-alkyl or cyclic N) is 1. The average Bonchev–Trinajstić information content (AvgIpc) is 2.64. The van der Waals surface area contributed by atoms with Gasteiger partial charge in [-0.2, -0.15) is 0 Å². The maximum absolute atomic E-state index is 9.46. The summed E-state index contributed by atoms with van der Waals surface area (Å²) in [5, 5.41) is 9.46. The summed E-state index contributed by atoms with van der Waals surface area (Å²) in [4.78, 5) is 10.8. The zero-order valence-corrected chi connectivity index (χ0v) is 9.87. The van der Waals surface area contributed by atoms with Gasteiger partial charge in [-0.05, 0) is 19.4 Å². The van der Waals surface area contributed by atoms with E-state index in [1.165, 1.54) is 0 Å². The molecule has 1 aliphatic heterocycles. The minimum Gasteiger partial charge on any atom is -0.391 e. The maximum Gasteiger partial charge on any atom is 0.226 e. The molecule has 86 valence electrons. The lowest BCUT2D eigenvalue weighted by molar-refractivity contribution is 0.198. The number of anilines is 1. The fraction of sp³-hybridized carbons (Fsp3) is 0.500. The third kappa shape index (κ3) is 2.28. The number of rotatable bonds is 2. The van der Waals surface area contributed by atoms with Crippen molar-refractivity contribution in [3.05, 3.63) is 17.5 Å². The summed E-state index contributed by atoms with van der Waals surface area (Å²) in [6, 6.07) is 1.76. The predicted molar refractivity (Wildman–Crippen MR) is 65.5 cm³/mol. The van der Waals surface area contributed by atoms with Crippen molar-refractivity contribution in [2.24, 2.45) is 5.73 Å². The molecule has 1 aliphatic rings. The highest BCUT2D eigenvalue weighted by atomic mass is 32.1. The zero-order valence-electron chi connectivity index (χ0n) is 9.05. The smallest absolute Gasteiger partial charge is 0.226 e. The van der Waals surface area contributed by atoms with Crippen LogP contribution in [0.4, 0.5) is 5.95 Å². The number of aryl methyl sites for hydroxylation is 1. The second kappa shape index (κ2) is 4.31. The molecule has 1 unspecified atom stereocenters. The molecule has 3 N–H and O–H groups in total. The van der Waals surface area contributed by atoms with Crippen molar-refractivity contribution >= 4 is 23.2 Å². The van der Waals surface area contributed by atoms with Crippen LogP contribution in [0.2, 0.25) is 0 Å². The molecule has 6 heteroatoms. The Morgan fingerprint density at radius 1 is 1.62 bits per heavy atom. The molecule has 16 heavy (non-hydrogen) atoms. The SMILES string of the molecule is Cc1cc(C(N)=S)nc(N2CCC(O)C2)n1. The summed E-state index contributed by atoms with van der Waals surface area (Å²) >= 11 is 4.90. The van der Waals surface area contributed by atoms with Gasteiger partial charge < -0.3 is 15.7 Å². The van der Waals surface area contributed by atoms with Crippen molar-refractivity contribution in [1.29, 1.82) is 0 Å². The van der Waals surface area contributed by atoms with E-state index in [0.717, 1.165) is 18.7 Å². The molecule has 0 aromatic carbocycles. The van der Waals surface area contributed by atoms with Gasteiger partial charge in [-0.1, -0.05) is 12.2 Å². The van der Waals surface area contributed by atoms with E-state index < -0.39 is 0 Å². The van der Waals surface area contributed by atoms with Crippen LogP contribution in [-0.4, -0.2) is 39.3 Å². The molecule has 1 aromatic rings. The van der Waals surface area contributed by atoms with Crippen LogP contribution in [0.1, 0.15) is 17.8 Å². The van der Waals surface area contributed by atoms with Crippen LogP contribution >= 0.6 is 12.2 Å². The van der Waals surface area contributed by atoms with Gasteiger partial charge >= 0.3 is 0 Å². The quantitative estimate of drug-likeness (QED) is 0.706. The zero-order chi connectivity index (χ0) is 11.7. The Hall–Kier alpha value is -1.27. The largest absolute Gasteiger partial charge is 0.391 e. The van der Waals surface area contributed by atoms with Gasteiger partial charge in [0.1, 0.15) is 10.7 Å². The lowest BCUT2D eigenvalue weighted by Crippen LogP contribution is -2.25. The number of aliphatic hydroxyl groups is 1. The summed E-state index contributed by atoms with van der Waals surface area (Å²) in [5.74, 6) is 0.597. The van der Waals surface area contributed by atoms with E-state index in [1.54, 1.807) is 6.07 Å². The van der Waals surface area contributed by atoms with E-state index in [4.69, 9.17) is 18.0 Å². The summed E-state index contributed by atoms with van der Waals surface area (Å²) in [6.45, 7) is 3.21. The van der Waals surface area contributed by atoms with Crippen LogP contribution in [-0.2, 0) is 0 Å². The predicted octanol–water partition coefficient (Wildman–Crippen LogP) is -0.00978. The molecule has 5 nitrogen and oxygen atoms in total. The lowest BCUT2D eigenvalue weighted by Gasteiger charge is -2.16. The molecule has 2 heterocycles. The molecule has 1 atom stereocenters. The molecule has 0 aliphatic carbocycles. The molecular formula is C10H14N4OS. The molecule has 2 rings (SSSR count). The Balaban J connectivity index is 2.30. The highest BCUT2D eigenvalue weighted by Crippen LogP contribution is 2.17. The Morgan fingerprint density at radius 2 is 2.38 bits per heavy atom. The van der Waals surface area contributed by atoms with Gasteiger partial charge in [0.15, 0.2) is 0 Å². The normalized spacial score (nSPS) is 20.1. The van der Waals surface area contributed by atoms with Gasteiger partial charge in [-0.25, -0.2) is 9.97 Å². The standard InChI is InChI=1S/C10H14N4OS/c1-6-4-8(9(11)16)13-10(12-6)14-3-2-7(15)5-14/h4,7,15H,2-3,5H2,1H3,(H2,11,16). The lowest BCUT2D eigenvalue weighted by atomic mass is 10.3. The van der Waals surface area contributed by atoms with Crippen molar-refractivity contribution < 1.29 is 5.11 Å². The monoisotopic (exact) mass is 238 g/mol. The number of thiocarbonyl (C=S) groups is 1. The molecule has 0 spiro atoms. The van der Waals surface area contributed by atoms with E-state index in [0.29, 0.717) is 18.2 Å². The van der Waals surface area contributed by atoms with E-state index in [1.807, 2.05) is 11.8 Å². The second-order valence-corrected chi connectivity index (χ2v) is 4.39. The Labute approximate surface area is 99.3 Å². The number of nitrogens with two attached hydrogens (primary N) is 1. The Morgan fingerprint density at radius 3 is 2.94 bits per heavy atom. The number of hydrogen-bond donors (Lipinski definition) is 2. The number of aliphatic hydroxyl groups excluding tert-OH is 1. The third-order valence-corrected chi connectivity index (χ3v) is 2.75. The fourth-order valence-electron chi connectivity index (χ4n) is 1.74. The van der Waals surface area contributed by atoms with Crippen LogP contribution in [0, 0.1) is 6.92 Å². The van der Waals surface area contributed by atoms with Crippen molar-refractivity contribution in [1.82, 2.24) is 9.97 Å². The van der Waals surface area contributed by atoms with Crippen molar-refractivity contribution in [3.8, 4) is 0 Å². The summed E-state index contributed by atoms with van der Waals surface area (Å²) < 4.78 is 0. The van der Waals surface area contributed by atoms with Crippen LogP contribution < -0.4 is 10.6 Å². The Bertz CT molecular complexity index is 423.